The lowest BCUT2D eigenvalue weighted by Gasteiger charge is -2.08. The molecule has 0 fully saturated rings. The summed E-state index contributed by atoms with van der Waals surface area (Å²) in [7, 11) is -3.70. The Labute approximate surface area is 208 Å². The number of carbonyl (C=O) groups excluding carboxylic acids is 2. The number of sulfone groups is 1. The van der Waals surface area contributed by atoms with E-state index in [0.29, 0.717) is 32.7 Å². The lowest BCUT2D eigenvalue weighted by atomic mass is 10.2. The van der Waals surface area contributed by atoms with Crippen LogP contribution in [0.5, 0.6) is 0 Å². The van der Waals surface area contributed by atoms with Crippen LogP contribution in [0.1, 0.15) is 22.8 Å². The van der Waals surface area contributed by atoms with E-state index in [0.717, 1.165) is 0 Å². The number of aromatic nitrogens is 1. The summed E-state index contributed by atoms with van der Waals surface area (Å²) in [5.41, 5.74) is 2.10. The van der Waals surface area contributed by atoms with Crippen LogP contribution >= 0.6 is 11.6 Å². The quantitative estimate of drug-likeness (QED) is 0.333. The van der Waals surface area contributed by atoms with Crippen LogP contribution in [0.4, 0.5) is 5.69 Å². The molecule has 4 rings (SSSR count). The fourth-order valence-electron chi connectivity index (χ4n) is 3.77. The molecule has 1 aromatic heterocycles. The summed E-state index contributed by atoms with van der Waals surface area (Å²) in [6, 6.07) is 20.1. The van der Waals surface area contributed by atoms with E-state index in [1.54, 1.807) is 84.3 Å². The van der Waals surface area contributed by atoms with Crippen molar-refractivity contribution in [3.63, 3.8) is 0 Å². The Morgan fingerprint density at radius 3 is 2.46 bits per heavy atom. The van der Waals surface area contributed by atoms with Gasteiger partial charge in [-0.05, 0) is 55.0 Å². The molecule has 0 aliphatic heterocycles. The number of amides is 1. The molecule has 35 heavy (non-hydrogen) atoms. The minimum atomic E-state index is -3.70. The highest BCUT2D eigenvalue weighted by Crippen LogP contribution is 2.28. The van der Waals surface area contributed by atoms with E-state index >= 15 is 0 Å². The number of ether oxygens (including phenoxy) is 1. The minimum Gasteiger partial charge on any atom is -0.462 e. The smallest absolute Gasteiger partial charge is 0.338 e. The van der Waals surface area contributed by atoms with Gasteiger partial charge in [0.25, 0.3) is 0 Å². The van der Waals surface area contributed by atoms with Gasteiger partial charge in [0, 0.05) is 27.8 Å². The molecule has 0 unspecified atom stereocenters. The summed E-state index contributed by atoms with van der Waals surface area (Å²) >= 11 is 6.01. The molecule has 9 heteroatoms. The monoisotopic (exact) mass is 510 g/mol. The highest BCUT2D eigenvalue weighted by atomic mass is 35.5. The van der Waals surface area contributed by atoms with Gasteiger partial charge in [0.2, 0.25) is 5.91 Å². The third-order valence-electron chi connectivity index (χ3n) is 5.33. The second-order valence-electron chi connectivity index (χ2n) is 7.87. The number of benzene rings is 3. The van der Waals surface area contributed by atoms with Crippen LogP contribution in [-0.2, 0) is 31.7 Å². The van der Waals surface area contributed by atoms with E-state index in [1.165, 1.54) is 6.20 Å². The lowest BCUT2D eigenvalue weighted by Crippen LogP contribution is -2.18. The Balaban J connectivity index is 1.55. The molecule has 0 saturated heterocycles. The first-order valence-corrected chi connectivity index (χ1v) is 12.9. The van der Waals surface area contributed by atoms with Crippen molar-refractivity contribution in [1.82, 2.24) is 4.57 Å². The van der Waals surface area contributed by atoms with Crippen LogP contribution in [0.2, 0.25) is 5.02 Å². The van der Waals surface area contributed by atoms with E-state index < -0.39 is 15.8 Å². The zero-order valence-electron chi connectivity index (χ0n) is 18.9. The number of esters is 1. The first-order chi connectivity index (χ1) is 16.8. The number of hydrogen-bond donors (Lipinski definition) is 1. The first-order valence-electron chi connectivity index (χ1n) is 10.9. The van der Waals surface area contributed by atoms with Crippen molar-refractivity contribution in [3.05, 3.63) is 95.1 Å². The standard InChI is InChI=1S/C26H23ClN2O5S/c1-2-34-26(31)19-10-12-21(13-11-19)28-25(30)16-29-15-24(22-8-3-4-9-23(22)29)35(32,33)17-18-6-5-7-20(27)14-18/h3-15H,2,16-17H2,1H3,(H,28,30). The Kier molecular flexibility index (Phi) is 7.23. The van der Waals surface area contributed by atoms with Crippen LogP contribution in [-0.4, -0.2) is 31.5 Å². The van der Waals surface area contributed by atoms with Crippen LogP contribution in [0.15, 0.2) is 83.9 Å². The number of nitrogens with zero attached hydrogens (tertiary/aromatic N) is 1. The lowest BCUT2D eigenvalue weighted by molar-refractivity contribution is -0.116. The van der Waals surface area contributed by atoms with Gasteiger partial charge in [-0.3, -0.25) is 4.79 Å². The maximum Gasteiger partial charge on any atom is 0.338 e. The van der Waals surface area contributed by atoms with Gasteiger partial charge in [-0.25, -0.2) is 13.2 Å². The molecule has 0 spiro atoms. The summed E-state index contributed by atoms with van der Waals surface area (Å²) in [4.78, 5) is 24.7. The van der Waals surface area contributed by atoms with Gasteiger partial charge in [-0.1, -0.05) is 41.9 Å². The number of anilines is 1. The molecule has 1 amide bonds. The Bertz CT molecular complexity index is 1490. The van der Waals surface area contributed by atoms with Crippen LogP contribution < -0.4 is 5.32 Å². The van der Waals surface area contributed by atoms with Crippen molar-refractivity contribution >= 4 is 49.9 Å². The Morgan fingerprint density at radius 2 is 1.74 bits per heavy atom. The van der Waals surface area contributed by atoms with Gasteiger partial charge in [-0.15, -0.1) is 0 Å². The number of para-hydroxylation sites is 1. The topological polar surface area (TPSA) is 94.5 Å². The number of nitrogens with one attached hydrogen (secondary N) is 1. The van der Waals surface area contributed by atoms with Crippen LogP contribution in [0.3, 0.4) is 0 Å². The fourth-order valence-corrected chi connectivity index (χ4v) is 5.56. The number of rotatable bonds is 8. The van der Waals surface area contributed by atoms with Crippen molar-refractivity contribution in [1.29, 1.82) is 0 Å². The summed E-state index contributed by atoms with van der Waals surface area (Å²) in [5, 5.41) is 3.78. The van der Waals surface area contributed by atoms with Crippen molar-refractivity contribution < 1.29 is 22.7 Å². The Morgan fingerprint density at radius 1 is 1.00 bits per heavy atom. The molecule has 1 N–H and O–H groups in total. The maximum atomic E-state index is 13.3. The average molecular weight is 511 g/mol. The maximum absolute atomic E-state index is 13.3. The van der Waals surface area contributed by atoms with E-state index in [2.05, 4.69) is 5.32 Å². The number of carbonyl (C=O) groups is 2. The van der Waals surface area contributed by atoms with Crippen molar-refractivity contribution in [3.8, 4) is 0 Å². The molecule has 0 saturated carbocycles. The third-order valence-corrected chi connectivity index (χ3v) is 7.27. The van der Waals surface area contributed by atoms with Crippen molar-refractivity contribution in [2.45, 2.75) is 24.1 Å². The van der Waals surface area contributed by atoms with Gasteiger partial charge in [0.1, 0.15) is 6.54 Å². The van der Waals surface area contributed by atoms with Crippen LogP contribution in [0.25, 0.3) is 10.9 Å². The molecule has 0 aliphatic rings. The highest BCUT2D eigenvalue weighted by Gasteiger charge is 2.22. The van der Waals surface area contributed by atoms with Gasteiger partial charge < -0.3 is 14.6 Å². The number of fused-ring (bicyclic) bond motifs is 1. The summed E-state index contributed by atoms with van der Waals surface area (Å²) < 4.78 is 33.1. The molecule has 0 bridgehead atoms. The predicted octanol–water partition coefficient (Wildman–Crippen LogP) is 5.08. The van der Waals surface area contributed by atoms with Gasteiger partial charge in [0.15, 0.2) is 9.84 Å². The molecular formula is C26H23ClN2O5S. The molecule has 0 atom stereocenters. The number of hydrogen-bond acceptors (Lipinski definition) is 5. The molecule has 3 aromatic carbocycles. The van der Waals surface area contributed by atoms with E-state index in [4.69, 9.17) is 16.3 Å². The van der Waals surface area contributed by atoms with Gasteiger partial charge in [-0.2, -0.15) is 0 Å². The van der Waals surface area contributed by atoms with E-state index in [9.17, 15) is 18.0 Å². The normalized spacial score (nSPS) is 11.4. The predicted molar refractivity (Wildman–Crippen MR) is 135 cm³/mol. The third kappa shape index (κ3) is 5.72. The minimum absolute atomic E-state index is 0.0905. The van der Waals surface area contributed by atoms with Gasteiger partial charge >= 0.3 is 5.97 Å². The second-order valence-corrected chi connectivity index (χ2v) is 10.3. The molecule has 0 aliphatic carbocycles. The molecule has 4 aromatic rings. The SMILES string of the molecule is CCOC(=O)c1ccc(NC(=O)Cn2cc(S(=O)(=O)Cc3cccc(Cl)c3)c3ccccc32)cc1. The molecule has 1 heterocycles. The molecule has 0 radical (unpaired) electrons. The largest absolute Gasteiger partial charge is 0.462 e. The fraction of sp³-hybridized carbons (Fsp3) is 0.154. The molecule has 180 valence electrons. The molecule has 7 nitrogen and oxygen atoms in total. The van der Waals surface area contributed by atoms with E-state index in [-0.39, 0.29) is 29.7 Å². The Hall–Kier alpha value is -3.62. The summed E-state index contributed by atoms with van der Waals surface area (Å²) in [5.74, 6) is -0.982. The summed E-state index contributed by atoms with van der Waals surface area (Å²) in [6.07, 6.45) is 1.49. The van der Waals surface area contributed by atoms with Crippen LogP contribution in [0, 0.1) is 0 Å². The zero-order chi connectivity index (χ0) is 25.0. The number of halogens is 1. The highest BCUT2D eigenvalue weighted by molar-refractivity contribution is 7.90. The zero-order valence-corrected chi connectivity index (χ0v) is 20.5. The second kappa shape index (κ2) is 10.3. The molecular weight excluding hydrogens is 488 g/mol. The first kappa shape index (κ1) is 24.5. The van der Waals surface area contributed by atoms with Crippen molar-refractivity contribution in [2.75, 3.05) is 11.9 Å². The summed E-state index contributed by atoms with van der Waals surface area (Å²) in [6.45, 7) is 1.91. The van der Waals surface area contributed by atoms with E-state index in [1.807, 2.05) is 0 Å². The average Bonchev–Trinajstić information content (AvgIpc) is 3.19. The van der Waals surface area contributed by atoms with Crippen molar-refractivity contribution in [2.24, 2.45) is 0 Å². The van der Waals surface area contributed by atoms with Gasteiger partial charge in [0.05, 0.1) is 22.8 Å².